The maximum Gasteiger partial charge on any atom is 0.253 e. The Balaban J connectivity index is 1.71. The van der Waals surface area contributed by atoms with Crippen LogP contribution in [0.5, 0.6) is 0 Å². The van der Waals surface area contributed by atoms with E-state index in [1.165, 1.54) is 12.1 Å². The van der Waals surface area contributed by atoms with Crippen LogP contribution in [0.15, 0.2) is 57.9 Å². The van der Waals surface area contributed by atoms with Gasteiger partial charge >= 0.3 is 0 Å². The van der Waals surface area contributed by atoms with Crippen molar-refractivity contribution in [1.29, 1.82) is 0 Å². The molecule has 120 valence electrons. The Hall–Kier alpha value is -1.37. The van der Waals surface area contributed by atoms with E-state index in [2.05, 4.69) is 15.9 Å². The SMILES string of the molecule is O=C(c1cccc(Br)c1)N1CC(S(=O)(=O)c2ccc(Cl)cc2)C1. The van der Waals surface area contributed by atoms with Gasteiger partial charge in [0.1, 0.15) is 5.25 Å². The van der Waals surface area contributed by atoms with E-state index in [1.54, 1.807) is 35.2 Å². The summed E-state index contributed by atoms with van der Waals surface area (Å²) in [6.07, 6.45) is 0. The van der Waals surface area contributed by atoms with E-state index in [0.717, 1.165) is 4.47 Å². The highest BCUT2D eigenvalue weighted by Gasteiger charge is 2.40. The first-order chi connectivity index (χ1) is 10.9. The zero-order valence-corrected chi connectivity index (χ0v) is 15.1. The maximum absolute atomic E-state index is 12.5. The standard InChI is InChI=1S/C16H13BrClNO3S/c17-12-3-1-2-11(8-12)16(20)19-9-15(10-19)23(21,22)14-6-4-13(18)5-7-14/h1-8,15H,9-10H2. The number of amides is 1. The van der Waals surface area contributed by atoms with Crippen LogP contribution in [0.3, 0.4) is 0 Å². The highest BCUT2D eigenvalue weighted by atomic mass is 79.9. The van der Waals surface area contributed by atoms with Crippen LogP contribution in [0.25, 0.3) is 0 Å². The lowest BCUT2D eigenvalue weighted by molar-refractivity contribution is 0.0659. The molecular formula is C16H13BrClNO3S. The van der Waals surface area contributed by atoms with Crippen molar-refractivity contribution in [3.63, 3.8) is 0 Å². The maximum atomic E-state index is 12.5. The Morgan fingerprint density at radius 3 is 2.39 bits per heavy atom. The van der Waals surface area contributed by atoms with Crippen LogP contribution in [0.2, 0.25) is 5.02 Å². The molecule has 1 heterocycles. The molecule has 0 N–H and O–H groups in total. The second-order valence-corrected chi connectivity index (χ2v) is 8.92. The number of hydrogen-bond acceptors (Lipinski definition) is 3. The summed E-state index contributed by atoms with van der Waals surface area (Å²) in [5.41, 5.74) is 0.543. The van der Waals surface area contributed by atoms with Crippen molar-refractivity contribution in [2.45, 2.75) is 10.1 Å². The molecule has 0 spiro atoms. The molecule has 1 amide bonds. The molecule has 1 aliphatic heterocycles. The number of rotatable bonds is 3. The molecule has 0 bridgehead atoms. The minimum Gasteiger partial charge on any atom is -0.336 e. The van der Waals surface area contributed by atoms with E-state index in [-0.39, 0.29) is 23.9 Å². The molecule has 0 aliphatic carbocycles. The van der Waals surface area contributed by atoms with Gasteiger partial charge in [0.25, 0.3) is 5.91 Å². The topological polar surface area (TPSA) is 54.5 Å². The number of likely N-dealkylation sites (tertiary alicyclic amines) is 1. The van der Waals surface area contributed by atoms with Crippen molar-refractivity contribution in [2.24, 2.45) is 0 Å². The average Bonchev–Trinajstić information content (AvgIpc) is 2.45. The zero-order valence-electron chi connectivity index (χ0n) is 11.9. The van der Waals surface area contributed by atoms with E-state index in [0.29, 0.717) is 10.6 Å². The Labute approximate surface area is 148 Å². The first-order valence-electron chi connectivity index (χ1n) is 6.92. The number of carbonyl (C=O) groups excluding carboxylic acids is 1. The summed E-state index contributed by atoms with van der Waals surface area (Å²) in [5, 5.41) is -0.0798. The number of nitrogens with zero attached hydrogens (tertiary/aromatic N) is 1. The summed E-state index contributed by atoms with van der Waals surface area (Å²) < 4.78 is 25.8. The average molecular weight is 415 g/mol. The van der Waals surface area contributed by atoms with Crippen molar-refractivity contribution >= 4 is 43.3 Å². The van der Waals surface area contributed by atoms with E-state index < -0.39 is 15.1 Å². The van der Waals surface area contributed by atoms with Crippen molar-refractivity contribution in [3.05, 3.63) is 63.6 Å². The molecule has 4 nitrogen and oxygen atoms in total. The van der Waals surface area contributed by atoms with E-state index >= 15 is 0 Å². The lowest BCUT2D eigenvalue weighted by atomic mass is 10.1. The second kappa shape index (κ2) is 6.26. The number of sulfone groups is 1. The number of carbonyl (C=O) groups is 1. The summed E-state index contributed by atoms with van der Waals surface area (Å²) in [4.78, 5) is 14.1. The first-order valence-corrected chi connectivity index (χ1v) is 9.64. The Bertz CT molecular complexity index is 846. The molecule has 1 saturated heterocycles. The lowest BCUT2D eigenvalue weighted by Crippen LogP contribution is -2.56. The van der Waals surface area contributed by atoms with E-state index in [4.69, 9.17) is 11.6 Å². The molecule has 0 aromatic heterocycles. The highest BCUT2D eigenvalue weighted by molar-refractivity contribution is 9.10. The molecule has 1 fully saturated rings. The normalized spacial score (nSPS) is 15.3. The zero-order chi connectivity index (χ0) is 16.6. The number of benzene rings is 2. The Kier molecular flexibility index (Phi) is 4.49. The van der Waals surface area contributed by atoms with E-state index in [1.807, 2.05) is 6.07 Å². The minimum absolute atomic E-state index is 0.158. The van der Waals surface area contributed by atoms with Crippen molar-refractivity contribution in [2.75, 3.05) is 13.1 Å². The van der Waals surface area contributed by atoms with Gasteiger partial charge < -0.3 is 4.90 Å². The fourth-order valence-corrected chi connectivity index (χ4v) is 4.60. The van der Waals surface area contributed by atoms with Gasteiger partial charge in [-0.2, -0.15) is 0 Å². The summed E-state index contributed by atoms with van der Waals surface area (Å²) in [6, 6.07) is 13.2. The van der Waals surface area contributed by atoms with Gasteiger partial charge in [0.15, 0.2) is 9.84 Å². The third-order valence-electron chi connectivity index (χ3n) is 3.79. The predicted octanol–water partition coefficient (Wildman–Crippen LogP) is 3.40. The number of hydrogen-bond donors (Lipinski definition) is 0. The molecule has 2 aromatic rings. The predicted molar refractivity (Wildman–Crippen MR) is 92.5 cm³/mol. The second-order valence-electron chi connectivity index (χ2n) is 5.34. The summed E-state index contributed by atoms with van der Waals surface area (Å²) in [7, 11) is -3.44. The summed E-state index contributed by atoms with van der Waals surface area (Å²) in [5.74, 6) is -0.158. The van der Waals surface area contributed by atoms with E-state index in [9.17, 15) is 13.2 Å². The van der Waals surface area contributed by atoms with Crippen LogP contribution in [0.4, 0.5) is 0 Å². The minimum atomic E-state index is -3.44. The monoisotopic (exact) mass is 413 g/mol. The van der Waals surface area contributed by atoms with Crippen molar-refractivity contribution < 1.29 is 13.2 Å². The molecule has 2 aromatic carbocycles. The quantitative estimate of drug-likeness (QED) is 0.773. The largest absolute Gasteiger partial charge is 0.336 e. The van der Waals surface area contributed by atoms with Crippen LogP contribution >= 0.6 is 27.5 Å². The third-order valence-corrected chi connectivity index (χ3v) is 6.64. The van der Waals surface area contributed by atoms with Gasteiger partial charge in [-0.15, -0.1) is 0 Å². The summed E-state index contributed by atoms with van der Waals surface area (Å²) in [6.45, 7) is 0.409. The van der Waals surface area contributed by atoms with Crippen LogP contribution in [0.1, 0.15) is 10.4 Å². The number of halogens is 2. The molecule has 3 rings (SSSR count). The molecule has 1 aliphatic rings. The van der Waals surface area contributed by atoms with Gasteiger partial charge in [0, 0.05) is 28.1 Å². The fraction of sp³-hybridized carbons (Fsp3) is 0.188. The van der Waals surface area contributed by atoms with Gasteiger partial charge in [-0.3, -0.25) is 4.79 Å². The fourth-order valence-electron chi connectivity index (χ4n) is 2.42. The van der Waals surface area contributed by atoms with Crippen LogP contribution < -0.4 is 0 Å². The van der Waals surface area contributed by atoms with Gasteiger partial charge in [-0.1, -0.05) is 33.6 Å². The van der Waals surface area contributed by atoms with Gasteiger partial charge in [-0.05, 0) is 42.5 Å². The highest BCUT2D eigenvalue weighted by Crippen LogP contribution is 2.26. The third kappa shape index (κ3) is 3.29. The molecule has 0 unspecified atom stereocenters. The molecule has 0 saturated carbocycles. The van der Waals surface area contributed by atoms with Crippen LogP contribution in [0, 0.1) is 0 Å². The van der Waals surface area contributed by atoms with Gasteiger partial charge in [0.2, 0.25) is 0 Å². The van der Waals surface area contributed by atoms with Gasteiger partial charge in [-0.25, -0.2) is 8.42 Å². The lowest BCUT2D eigenvalue weighted by Gasteiger charge is -2.38. The summed E-state index contributed by atoms with van der Waals surface area (Å²) >= 11 is 9.11. The smallest absolute Gasteiger partial charge is 0.253 e. The Morgan fingerprint density at radius 2 is 1.78 bits per heavy atom. The Morgan fingerprint density at radius 1 is 1.13 bits per heavy atom. The molecule has 7 heteroatoms. The van der Waals surface area contributed by atoms with Crippen LogP contribution in [-0.2, 0) is 9.84 Å². The molecule has 0 atom stereocenters. The van der Waals surface area contributed by atoms with Crippen LogP contribution in [-0.4, -0.2) is 37.6 Å². The molecule has 0 radical (unpaired) electrons. The molecular weight excluding hydrogens is 402 g/mol. The van der Waals surface area contributed by atoms with Crippen molar-refractivity contribution in [1.82, 2.24) is 4.90 Å². The van der Waals surface area contributed by atoms with Crippen molar-refractivity contribution in [3.8, 4) is 0 Å². The molecule has 23 heavy (non-hydrogen) atoms. The first kappa shape index (κ1) is 16.5. The van der Waals surface area contributed by atoms with Gasteiger partial charge in [0.05, 0.1) is 4.90 Å².